The van der Waals surface area contributed by atoms with Crippen molar-refractivity contribution in [3.8, 4) is 0 Å². The van der Waals surface area contributed by atoms with E-state index in [4.69, 9.17) is 20.4 Å². The molecule has 168 valence electrons. The van der Waals surface area contributed by atoms with Gasteiger partial charge in [-0.2, -0.15) is 5.10 Å². The Labute approximate surface area is 185 Å². The third kappa shape index (κ3) is 3.01. The highest BCUT2D eigenvalue weighted by molar-refractivity contribution is 5.87. The number of hydrogen-bond donors (Lipinski definition) is 3. The molecule has 2 fully saturated rings. The summed E-state index contributed by atoms with van der Waals surface area (Å²) < 4.78 is 5.84. The van der Waals surface area contributed by atoms with Gasteiger partial charge >= 0.3 is 0 Å². The predicted octanol–water partition coefficient (Wildman–Crippen LogP) is 1.46. The molecule has 10 nitrogen and oxygen atoms in total. The number of H-pyrrole nitrogens is 2. The number of aryl methyl sites for hydroxylation is 1. The number of nitrogens with one attached hydrogen (secondary N) is 2. The second-order valence-electron chi connectivity index (χ2n) is 9.31. The van der Waals surface area contributed by atoms with Crippen molar-refractivity contribution in [2.75, 3.05) is 36.0 Å². The number of anilines is 3. The number of fused-ring (bicyclic) bond motifs is 2. The molecule has 3 aliphatic heterocycles. The van der Waals surface area contributed by atoms with Crippen LogP contribution in [0.3, 0.4) is 0 Å². The number of aromatic amines is 2. The molecular formula is C22H28N8O2. The van der Waals surface area contributed by atoms with Crippen LogP contribution in [0.15, 0.2) is 23.1 Å². The standard InChI is InChI=1S/C22H28N8O2/c1-13-19(23)22(12-32-13)6-9-29(10-7-22)16-11-24-18-20(26-16)27-28-21(18)30-8-2-3-14-15(30)4-5-17(31)25-14/h4-5,11,13,19H,2-3,6-10,12,23H2,1H3,(H,25,31)(H,26,27,28)/t13-,19+/m0/s1. The van der Waals surface area contributed by atoms with Gasteiger partial charge in [0, 0.05) is 42.9 Å². The quantitative estimate of drug-likeness (QED) is 0.551. The molecule has 6 rings (SSSR count). The van der Waals surface area contributed by atoms with Gasteiger partial charge in [0.05, 0.1) is 24.6 Å². The van der Waals surface area contributed by atoms with Gasteiger partial charge in [-0.1, -0.05) is 0 Å². The van der Waals surface area contributed by atoms with Gasteiger partial charge in [0.15, 0.2) is 17.0 Å². The maximum atomic E-state index is 11.7. The van der Waals surface area contributed by atoms with Gasteiger partial charge in [-0.15, -0.1) is 0 Å². The minimum atomic E-state index is -0.0789. The first-order valence-corrected chi connectivity index (χ1v) is 11.4. The van der Waals surface area contributed by atoms with E-state index >= 15 is 0 Å². The Morgan fingerprint density at radius 3 is 2.88 bits per heavy atom. The van der Waals surface area contributed by atoms with Crippen LogP contribution in [0.1, 0.15) is 31.9 Å². The summed E-state index contributed by atoms with van der Waals surface area (Å²) in [6, 6.07) is 3.51. The van der Waals surface area contributed by atoms with Crippen LogP contribution in [0.4, 0.5) is 17.3 Å². The zero-order valence-corrected chi connectivity index (χ0v) is 18.2. The van der Waals surface area contributed by atoms with Crippen molar-refractivity contribution in [3.05, 3.63) is 34.4 Å². The monoisotopic (exact) mass is 436 g/mol. The normalized spacial score (nSPS) is 24.9. The number of aromatic nitrogens is 5. The highest BCUT2D eigenvalue weighted by atomic mass is 16.5. The van der Waals surface area contributed by atoms with Gasteiger partial charge in [0.25, 0.3) is 0 Å². The van der Waals surface area contributed by atoms with Crippen molar-refractivity contribution in [2.24, 2.45) is 11.1 Å². The first kappa shape index (κ1) is 19.7. The molecule has 4 N–H and O–H groups in total. The smallest absolute Gasteiger partial charge is 0.248 e. The zero-order chi connectivity index (χ0) is 21.9. The van der Waals surface area contributed by atoms with Gasteiger partial charge in [0.2, 0.25) is 5.56 Å². The van der Waals surface area contributed by atoms with E-state index in [1.54, 1.807) is 6.07 Å². The van der Waals surface area contributed by atoms with Gasteiger partial charge in [-0.25, -0.2) is 9.97 Å². The summed E-state index contributed by atoms with van der Waals surface area (Å²) in [5, 5.41) is 7.60. The summed E-state index contributed by atoms with van der Waals surface area (Å²) in [4.78, 5) is 28.6. The summed E-state index contributed by atoms with van der Waals surface area (Å²) in [5.74, 6) is 1.60. The van der Waals surface area contributed by atoms with Crippen LogP contribution >= 0.6 is 0 Å². The molecule has 0 amide bonds. The van der Waals surface area contributed by atoms with Crippen LogP contribution in [-0.2, 0) is 11.2 Å². The maximum absolute atomic E-state index is 11.7. The maximum Gasteiger partial charge on any atom is 0.248 e. The molecule has 2 atom stereocenters. The molecular weight excluding hydrogens is 408 g/mol. The van der Waals surface area contributed by atoms with Crippen molar-refractivity contribution >= 4 is 28.5 Å². The second kappa shape index (κ2) is 7.28. The Balaban J connectivity index is 1.26. The number of nitrogens with zero attached hydrogens (tertiary/aromatic N) is 5. The van der Waals surface area contributed by atoms with E-state index in [9.17, 15) is 4.79 Å². The molecule has 0 aliphatic carbocycles. The van der Waals surface area contributed by atoms with Crippen LogP contribution in [0.25, 0.3) is 11.2 Å². The lowest BCUT2D eigenvalue weighted by Crippen LogP contribution is -2.50. The van der Waals surface area contributed by atoms with Crippen LogP contribution in [-0.4, -0.2) is 63.5 Å². The number of pyridine rings is 1. The van der Waals surface area contributed by atoms with Crippen LogP contribution < -0.4 is 21.1 Å². The summed E-state index contributed by atoms with van der Waals surface area (Å²) >= 11 is 0. The van der Waals surface area contributed by atoms with E-state index in [-0.39, 0.29) is 23.1 Å². The Morgan fingerprint density at radius 2 is 2.09 bits per heavy atom. The van der Waals surface area contributed by atoms with E-state index in [0.717, 1.165) is 80.5 Å². The van der Waals surface area contributed by atoms with Crippen molar-refractivity contribution in [2.45, 2.75) is 44.8 Å². The number of rotatable bonds is 2. The number of nitrogens with two attached hydrogens (primary N) is 1. The van der Waals surface area contributed by atoms with Gasteiger partial charge < -0.3 is 25.3 Å². The third-order valence-corrected chi connectivity index (χ3v) is 7.50. The third-order valence-electron chi connectivity index (χ3n) is 7.50. The lowest BCUT2D eigenvalue weighted by atomic mass is 9.73. The summed E-state index contributed by atoms with van der Waals surface area (Å²) in [6.07, 6.45) is 5.74. The van der Waals surface area contributed by atoms with Crippen LogP contribution in [0.2, 0.25) is 0 Å². The van der Waals surface area contributed by atoms with Crippen molar-refractivity contribution in [1.82, 2.24) is 25.1 Å². The number of piperidine rings is 1. The van der Waals surface area contributed by atoms with E-state index < -0.39 is 0 Å². The molecule has 10 heteroatoms. The summed E-state index contributed by atoms with van der Waals surface area (Å²) in [6.45, 7) is 5.41. The molecule has 0 saturated carbocycles. The van der Waals surface area contributed by atoms with E-state index in [2.05, 4.69) is 31.9 Å². The van der Waals surface area contributed by atoms with Crippen LogP contribution in [0, 0.1) is 5.41 Å². The zero-order valence-electron chi connectivity index (χ0n) is 18.2. The average Bonchev–Trinajstić information content (AvgIpc) is 3.35. The lowest BCUT2D eigenvalue weighted by molar-refractivity contribution is 0.0974. The Morgan fingerprint density at radius 1 is 1.25 bits per heavy atom. The van der Waals surface area contributed by atoms with E-state index in [1.165, 1.54) is 0 Å². The first-order chi connectivity index (χ1) is 15.5. The van der Waals surface area contributed by atoms with Crippen molar-refractivity contribution < 1.29 is 4.74 Å². The highest BCUT2D eigenvalue weighted by Crippen LogP contribution is 2.42. The highest BCUT2D eigenvalue weighted by Gasteiger charge is 2.47. The molecule has 6 heterocycles. The minimum absolute atomic E-state index is 0.0789. The van der Waals surface area contributed by atoms with E-state index in [1.807, 2.05) is 12.3 Å². The molecule has 3 aromatic heterocycles. The molecule has 0 aromatic carbocycles. The van der Waals surface area contributed by atoms with Gasteiger partial charge in [-0.3, -0.25) is 9.89 Å². The first-order valence-electron chi connectivity index (χ1n) is 11.4. The molecule has 0 unspecified atom stereocenters. The fraction of sp³-hybridized carbons (Fsp3) is 0.545. The molecule has 0 radical (unpaired) electrons. The Bertz CT molecular complexity index is 1210. The number of hydrogen-bond acceptors (Lipinski definition) is 8. The van der Waals surface area contributed by atoms with Crippen LogP contribution in [0.5, 0.6) is 0 Å². The molecule has 3 aromatic rings. The Kier molecular flexibility index (Phi) is 4.48. The van der Waals surface area contributed by atoms with Crippen molar-refractivity contribution in [3.63, 3.8) is 0 Å². The molecule has 32 heavy (non-hydrogen) atoms. The predicted molar refractivity (Wildman–Crippen MR) is 121 cm³/mol. The SMILES string of the molecule is C[C@@H]1OCC2(CCN(c3cnc4c(N5CCCc6[nH]c(=O)ccc65)n[nH]c4n3)CC2)[C@@H]1N. The molecule has 3 aliphatic rings. The van der Waals surface area contributed by atoms with Crippen molar-refractivity contribution in [1.29, 1.82) is 0 Å². The average molecular weight is 437 g/mol. The van der Waals surface area contributed by atoms with Gasteiger partial charge in [0.1, 0.15) is 5.82 Å². The largest absolute Gasteiger partial charge is 0.376 e. The molecule has 0 bridgehead atoms. The van der Waals surface area contributed by atoms with E-state index in [0.29, 0.717) is 5.65 Å². The molecule has 2 saturated heterocycles. The number of ether oxygens (including phenoxy) is 1. The summed E-state index contributed by atoms with van der Waals surface area (Å²) in [5.41, 5.74) is 9.78. The Hall–Kier alpha value is -2.98. The minimum Gasteiger partial charge on any atom is -0.376 e. The van der Waals surface area contributed by atoms with Gasteiger partial charge in [-0.05, 0) is 38.7 Å². The fourth-order valence-corrected chi connectivity index (χ4v) is 5.48. The summed E-state index contributed by atoms with van der Waals surface area (Å²) in [7, 11) is 0. The lowest BCUT2D eigenvalue weighted by Gasteiger charge is -2.41. The molecule has 1 spiro atoms. The second-order valence-corrected chi connectivity index (χ2v) is 9.31. The topological polar surface area (TPSA) is 129 Å². The fourth-order valence-electron chi connectivity index (χ4n) is 5.48.